The van der Waals surface area contributed by atoms with E-state index in [0.29, 0.717) is 29.5 Å². The monoisotopic (exact) mass is 626 g/mol. The number of allylic oxidation sites excluding steroid dienone is 1. The molecule has 0 aromatic heterocycles. The number of hydrogen-bond donors (Lipinski definition) is 0. The summed E-state index contributed by atoms with van der Waals surface area (Å²) in [5, 5.41) is 0.401. The van der Waals surface area contributed by atoms with Gasteiger partial charge in [0, 0.05) is 29.2 Å². The van der Waals surface area contributed by atoms with Crippen molar-refractivity contribution in [1.29, 1.82) is 0 Å². The van der Waals surface area contributed by atoms with E-state index in [2.05, 4.69) is 23.8 Å². The van der Waals surface area contributed by atoms with E-state index >= 15 is 0 Å². The molecule has 13 heteroatoms. The third-order valence-corrected chi connectivity index (χ3v) is 8.37. The predicted octanol–water partition coefficient (Wildman–Crippen LogP) is 8.98. The van der Waals surface area contributed by atoms with Crippen LogP contribution < -0.4 is 0 Å². The standard InChI is InChI=1S/C16H10F8O.C11H14O3S.C2H6/c17-12-7-4-8-13(18)11(12)9-25-14(15(19,20)21,16(22,23)24)10-5-2-1-3-6-10;1-4-7(2)15(3)8-5-9-10(6-8)14-11(12)13-9;1-2/h1-8H,9H2;4,8-10H,1-3,5-6H2;1-2H3. The average molecular weight is 627 g/mol. The van der Waals surface area contributed by atoms with Gasteiger partial charge in [-0.05, 0) is 17.0 Å². The number of alkyl halides is 6. The summed E-state index contributed by atoms with van der Waals surface area (Å²) in [6.07, 6.45) is -9.12. The fourth-order valence-electron chi connectivity index (χ4n) is 4.25. The van der Waals surface area contributed by atoms with Crippen LogP contribution in [0.5, 0.6) is 0 Å². The summed E-state index contributed by atoms with van der Waals surface area (Å²) in [5.41, 5.74) is -7.00. The average Bonchev–Trinajstić information content (AvgIpc) is 3.47. The summed E-state index contributed by atoms with van der Waals surface area (Å²) >= 11 is 0. The minimum Gasteiger partial charge on any atom is -0.427 e. The molecule has 2 fully saturated rings. The Morgan fingerprint density at radius 2 is 1.40 bits per heavy atom. The molecule has 4 rings (SSSR count). The van der Waals surface area contributed by atoms with Crippen molar-refractivity contribution in [3.8, 4) is 0 Å². The Morgan fingerprint density at radius 3 is 1.83 bits per heavy atom. The maximum absolute atomic E-state index is 13.5. The molecule has 0 amide bonds. The van der Waals surface area contributed by atoms with Crippen LogP contribution in [-0.2, 0) is 26.4 Å². The molecule has 42 heavy (non-hydrogen) atoms. The molecule has 1 heterocycles. The lowest BCUT2D eigenvalue weighted by Crippen LogP contribution is -2.55. The summed E-state index contributed by atoms with van der Waals surface area (Å²) in [4.78, 5) is 11.8. The van der Waals surface area contributed by atoms with Gasteiger partial charge >= 0.3 is 18.5 Å². The molecule has 2 aromatic carbocycles. The minimum atomic E-state index is -5.92. The Bertz CT molecular complexity index is 1210. The zero-order valence-corrected chi connectivity index (χ0v) is 23.6. The second kappa shape index (κ2) is 14.3. The van der Waals surface area contributed by atoms with Crippen molar-refractivity contribution in [3.63, 3.8) is 0 Å². The molecule has 0 bridgehead atoms. The number of carbonyl (C=O) groups excluding carboxylic acids is 1. The SMILES string of the molecule is C=CC(=C)S(=C)C1CC2OC(=O)OC2C1.CC.Fc1cccc(F)c1COC(c1ccccc1)(C(F)(F)F)C(F)(F)F. The van der Waals surface area contributed by atoms with Crippen molar-refractivity contribution in [1.82, 2.24) is 0 Å². The van der Waals surface area contributed by atoms with Crippen LogP contribution >= 0.6 is 10.5 Å². The van der Waals surface area contributed by atoms with E-state index in [1.54, 1.807) is 6.08 Å². The van der Waals surface area contributed by atoms with Crippen LogP contribution in [0.2, 0.25) is 0 Å². The van der Waals surface area contributed by atoms with Gasteiger partial charge in [0.1, 0.15) is 23.8 Å². The first-order valence-corrected chi connectivity index (χ1v) is 14.0. The van der Waals surface area contributed by atoms with Gasteiger partial charge in [-0.25, -0.2) is 13.6 Å². The van der Waals surface area contributed by atoms with Crippen molar-refractivity contribution in [3.05, 3.63) is 95.4 Å². The third kappa shape index (κ3) is 7.60. The van der Waals surface area contributed by atoms with Gasteiger partial charge in [-0.3, -0.25) is 0 Å². The number of hydrogen-bond acceptors (Lipinski definition) is 4. The van der Waals surface area contributed by atoms with E-state index in [0.717, 1.165) is 35.9 Å². The predicted molar refractivity (Wildman–Crippen MR) is 145 cm³/mol. The number of rotatable bonds is 7. The summed E-state index contributed by atoms with van der Waals surface area (Å²) in [5.74, 6) is 1.47. The van der Waals surface area contributed by atoms with Crippen LogP contribution in [0, 0.1) is 11.6 Å². The first-order chi connectivity index (χ1) is 19.6. The zero-order chi connectivity index (χ0) is 31.9. The summed E-state index contributed by atoms with van der Waals surface area (Å²) in [6, 6.07) is 6.64. The number of fused-ring (bicyclic) bond motifs is 1. The van der Waals surface area contributed by atoms with Crippen LogP contribution in [0.25, 0.3) is 0 Å². The number of ether oxygens (including phenoxy) is 3. The summed E-state index contributed by atoms with van der Waals surface area (Å²) in [7, 11) is -0.144. The summed E-state index contributed by atoms with van der Waals surface area (Å²) < 4.78 is 122. The highest BCUT2D eigenvalue weighted by molar-refractivity contribution is 8.18. The molecule has 2 aliphatic rings. The van der Waals surface area contributed by atoms with Gasteiger partial charge in [-0.1, -0.05) is 75.3 Å². The van der Waals surface area contributed by atoms with Gasteiger partial charge in [0.25, 0.3) is 5.60 Å². The van der Waals surface area contributed by atoms with Crippen LogP contribution in [0.1, 0.15) is 37.8 Å². The molecule has 1 aliphatic heterocycles. The Morgan fingerprint density at radius 1 is 0.929 bits per heavy atom. The molecule has 1 aliphatic carbocycles. The number of benzene rings is 2. The van der Waals surface area contributed by atoms with Crippen LogP contribution in [-0.4, -0.2) is 41.8 Å². The van der Waals surface area contributed by atoms with E-state index in [1.165, 1.54) is 6.07 Å². The second-order valence-electron chi connectivity index (χ2n) is 8.79. The first kappa shape index (κ1) is 35.0. The smallest absolute Gasteiger partial charge is 0.427 e. The molecule has 0 radical (unpaired) electrons. The van der Waals surface area contributed by atoms with E-state index in [9.17, 15) is 39.9 Å². The molecule has 0 N–H and O–H groups in total. The van der Waals surface area contributed by atoms with Gasteiger partial charge in [-0.2, -0.15) is 36.8 Å². The highest BCUT2D eigenvalue weighted by Crippen LogP contribution is 2.53. The topological polar surface area (TPSA) is 44.8 Å². The van der Waals surface area contributed by atoms with Gasteiger partial charge in [0.05, 0.1) is 6.61 Å². The molecule has 1 saturated heterocycles. The van der Waals surface area contributed by atoms with E-state index in [4.69, 9.17) is 9.47 Å². The molecule has 4 nitrogen and oxygen atoms in total. The van der Waals surface area contributed by atoms with Crippen molar-refractivity contribution in [2.75, 3.05) is 0 Å². The lowest BCUT2D eigenvalue weighted by Gasteiger charge is -2.37. The molecule has 3 atom stereocenters. The highest BCUT2D eigenvalue weighted by atomic mass is 32.2. The maximum Gasteiger partial charge on any atom is 0.509 e. The third-order valence-electron chi connectivity index (χ3n) is 6.34. The Hall–Kier alpha value is -3.19. The number of halogens is 8. The van der Waals surface area contributed by atoms with E-state index in [-0.39, 0.29) is 22.7 Å². The van der Waals surface area contributed by atoms with E-state index in [1.807, 2.05) is 13.8 Å². The van der Waals surface area contributed by atoms with Crippen LogP contribution in [0.3, 0.4) is 0 Å². The fraction of sp³-hybridized carbons (Fsp3) is 0.379. The van der Waals surface area contributed by atoms with Gasteiger partial charge in [0.15, 0.2) is 0 Å². The minimum absolute atomic E-state index is 0.0723. The summed E-state index contributed by atoms with van der Waals surface area (Å²) in [6.45, 7) is 10.0. The van der Waals surface area contributed by atoms with Crippen molar-refractivity contribution < 1.29 is 54.1 Å². The van der Waals surface area contributed by atoms with Gasteiger partial charge in [0.2, 0.25) is 0 Å². The van der Waals surface area contributed by atoms with Crippen molar-refractivity contribution >= 4 is 22.5 Å². The molecule has 2 aromatic rings. The molecular weight excluding hydrogens is 596 g/mol. The highest BCUT2D eigenvalue weighted by Gasteiger charge is 2.73. The Balaban J connectivity index is 0.000000308. The fourth-order valence-corrected chi connectivity index (χ4v) is 5.74. The second-order valence-corrected chi connectivity index (χ2v) is 10.8. The Labute approximate surface area is 240 Å². The zero-order valence-electron chi connectivity index (χ0n) is 22.7. The molecule has 0 spiro atoms. The maximum atomic E-state index is 13.5. The largest absolute Gasteiger partial charge is 0.509 e. The Kier molecular flexibility index (Phi) is 11.9. The van der Waals surface area contributed by atoms with Crippen LogP contribution in [0.4, 0.5) is 39.9 Å². The van der Waals surface area contributed by atoms with Crippen LogP contribution in [0.15, 0.2) is 72.7 Å². The lowest BCUT2D eigenvalue weighted by molar-refractivity contribution is -0.392. The van der Waals surface area contributed by atoms with Gasteiger partial charge in [-0.15, -0.1) is 0 Å². The number of carbonyl (C=O) groups is 1. The van der Waals surface area contributed by atoms with Gasteiger partial charge < -0.3 is 14.2 Å². The molecule has 1 saturated carbocycles. The van der Waals surface area contributed by atoms with Crippen molar-refractivity contribution in [2.24, 2.45) is 0 Å². The molecule has 232 valence electrons. The normalized spacial score (nSPS) is 20.5. The first-order valence-electron chi connectivity index (χ1n) is 12.6. The lowest BCUT2D eigenvalue weighted by atomic mass is 9.91. The van der Waals surface area contributed by atoms with E-state index < -0.39 is 53.5 Å². The molecule has 3 unspecified atom stereocenters. The quantitative estimate of drug-likeness (QED) is 0.133. The molecular formula is C29H30F8O4S. The van der Waals surface area contributed by atoms with Crippen molar-refractivity contribution in [2.45, 2.75) is 68.7 Å².